The van der Waals surface area contributed by atoms with E-state index in [4.69, 9.17) is 0 Å². The first-order valence-electron chi connectivity index (χ1n) is 5.83. The highest BCUT2D eigenvalue weighted by Crippen LogP contribution is 2.09. The molecule has 0 atom stereocenters. The average Bonchev–Trinajstić information content (AvgIpc) is 2.28. The molecule has 1 N–H and O–H groups in total. The predicted molar refractivity (Wildman–Crippen MR) is 71.3 cm³/mol. The molecule has 0 fully saturated rings. The lowest BCUT2D eigenvalue weighted by Gasteiger charge is -2.06. The van der Waals surface area contributed by atoms with Gasteiger partial charge >= 0.3 is 0 Å². The van der Waals surface area contributed by atoms with Crippen molar-refractivity contribution in [3.8, 4) is 0 Å². The number of nitrogens with one attached hydrogen (secondary N) is 1. The Hall–Kier alpha value is -1.64. The number of carbonyl (C=O) groups excluding carboxylic acids is 1. The third kappa shape index (κ3) is 3.70. The molecule has 1 aromatic rings. The quantitative estimate of drug-likeness (QED) is 0.631. The largest absolute Gasteiger partial charge is 0.271 e. The maximum atomic E-state index is 11.8. The van der Waals surface area contributed by atoms with Crippen molar-refractivity contribution in [3.05, 3.63) is 34.9 Å². The van der Waals surface area contributed by atoms with Crippen LogP contribution in [0.3, 0.4) is 0 Å². The molecule has 92 valence electrons. The maximum absolute atomic E-state index is 11.8. The molecule has 1 rings (SSSR count). The fraction of sp³-hybridized carbons (Fsp3) is 0.429. The number of hydrogen-bond acceptors (Lipinski definition) is 2. The molecule has 0 bridgehead atoms. The summed E-state index contributed by atoms with van der Waals surface area (Å²) in [6, 6.07) is 5.64. The van der Waals surface area contributed by atoms with E-state index in [1.54, 1.807) is 0 Å². The van der Waals surface area contributed by atoms with E-state index in [9.17, 15) is 4.79 Å². The van der Waals surface area contributed by atoms with Crippen molar-refractivity contribution in [2.75, 3.05) is 0 Å². The van der Waals surface area contributed by atoms with Gasteiger partial charge in [0.2, 0.25) is 0 Å². The molecular formula is C14H20N2O. The first kappa shape index (κ1) is 13.4. The van der Waals surface area contributed by atoms with Crippen molar-refractivity contribution >= 4 is 11.6 Å². The van der Waals surface area contributed by atoms with Gasteiger partial charge in [0.15, 0.2) is 0 Å². The van der Waals surface area contributed by atoms with Gasteiger partial charge in [-0.15, -0.1) is 0 Å². The number of aryl methyl sites for hydroxylation is 2. The Morgan fingerprint density at radius 2 is 1.88 bits per heavy atom. The average molecular weight is 232 g/mol. The molecule has 1 amide bonds. The number of hydrazone groups is 1. The summed E-state index contributed by atoms with van der Waals surface area (Å²) in [5.74, 6) is 0.183. The zero-order valence-electron chi connectivity index (χ0n) is 11.2. The summed E-state index contributed by atoms with van der Waals surface area (Å²) < 4.78 is 0. The molecule has 17 heavy (non-hydrogen) atoms. The number of nitrogens with zero attached hydrogens (tertiary/aromatic N) is 1. The van der Waals surface area contributed by atoms with Gasteiger partial charge in [-0.2, -0.15) is 5.10 Å². The van der Waals surface area contributed by atoms with E-state index in [0.29, 0.717) is 11.5 Å². The zero-order valence-corrected chi connectivity index (χ0v) is 11.2. The fourth-order valence-electron chi connectivity index (χ4n) is 1.22. The molecule has 3 heteroatoms. The minimum Gasteiger partial charge on any atom is -0.267 e. The second-order valence-corrected chi connectivity index (χ2v) is 4.65. The van der Waals surface area contributed by atoms with E-state index in [2.05, 4.69) is 10.5 Å². The van der Waals surface area contributed by atoms with E-state index in [-0.39, 0.29) is 5.91 Å². The van der Waals surface area contributed by atoms with Crippen LogP contribution in [0.15, 0.2) is 23.3 Å². The molecule has 0 unspecified atom stereocenters. The SMILES string of the molecule is C/C(=N\NC(=O)c1ccc(C)c(C)c1)C(C)C. The van der Waals surface area contributed by atoms with Crippen LogP contribution in [0.2, 0.25) is 0 Å². The number of benzene rings is 1. The van der Waals surface area contributed by atoms with Gasteiger partial charge in [-0.1, -0.05) is 19.9 Å². The third-order valence-electron chi connectivity index (χ3n) is 2.94. The van der Waals surface area contributed by atoms with E-state index in [0.717, 1.165) is 11.3 Å². The summed E-state index contributed by atoms with van der Waals surface area (Å²) >= 11 is 0. The Bertz CT molecular complexity index is 448. The van der Waals surface area contributed by atoms with Gasteiger partial charge in [0.25, 0.3) is 5.91 Å². The van der Waals surface area contributed by atoms with Crippen molar-refractivity contribution in [2.24, 2.45) is 11.0 Å². The molecule has 0 saturated carbocycles. The second-order valence-electron chi connectivity index (χ2n) is 4.65. The first-order chi connectivity index (χ1) is 7.91. The lowest BCUT2D eigenvalue weighted by molar-refractivity contribution is 0.0954. The highest BCUT2D eigenvalue weighted by atomic mass is 16.2. The molecule has 0 heterocycles. The smallest absolute Gasteiger partial charge is 0.267 e. The van der Waals surface area contributed by atoms with Crippen molar-refractivity contribution in [3.63, 3.8) is 0 Å². The molecule has 0 aliphatic heterocycles. The fourth-order valence-corrected chi connectivity index (χ4v) is 1.22. The van der Waals surface area contributed by atoms with Crippen LogP contribution in [-0.2, 0) is 0 Å². The predicted octanol–water partition coefficient (Wildman–Crippen LogP) is 3.07. The lowest BCUT2D eigenvalue weighted by atomic mass is 10.1. The third-order valence-corrected chi connectivity index (χ3v) is 2.94. The van der Waals surface area contributed by atoms with Gasteiger partial charge in [0, 0.05) is 11.3 Å². The van der Waals surface area contributed by atoms with Crippen molar-refractivity contribution in [1.29, 1.82) is 0 Å². The molecule has 0 radical (unpaired) electrons. The topological polar surface area (TPSA) is 41.5 Å². The summed E-state index contributed by atoms with van der Waals surface area (Å²) in [6.07, 6.45) is 0. The van der Waals surface area contributed by atoms with Gasteiger partial charge in [0.1, 0.15) is 0 Å². The number of carbonyl (C=O) groups is 1. The van der Waals surface area contributed by atoms with Gasteiger partial charge in [-0.05, 0) is 49.9 Å². The Balaban J connectivity index is 2.77. The van der Waals surface area contributed by atoms with E-state index in [1.165, 1.54) is 5.56 Å². The van der Waals surface area contributed by atoms with Crippen LogP contribution in [-0.4, -0.2) is 11.6 Å². The summed E-state index contributed by atoms with van der Waals surface area (Å²) in [4.78, 5) is 11.8. The Labute approximate surface area is 103 Å². The molecule has 0 aliphatic carbocycles. The summed E-state index contributed by atoms with van der Waals surface area (Å²) in [7, 11) is 0. The molecule has 0 aliphatic rings. The van der Waals surface area contributed by atoms with Crippen LogP contribution in [0, 0.1) is 19.8 Å². The van der Waals surface area contributed by atoms with E-state index < -0.39 is 0 Å². The van der Waals surface area contributed by atoms with Crippen LogP contribution < -0.4 is 5.43 Å². The van der Waals surface area contributed by atoms with Crippen molar-refractivity contribution in [1.82, 2.24) is 5.43 Å². The van der Waals surface area contributed by atoms with Gasteiger partial charge < -0.3 is 0 Å². The number of amides is 1. The molecule has 0 spiro atoms. The Kier molecular flexibility index (Phi) is 4.44. The van der Waals surface area contributed by atoms with Crippen molar-refractivity contribution < 1.29 is 4.79 Å². The second kappa shape index (κ2) is 5.62. The maximum Gasteiger partial charge on any atom is 0.271 e. The van der Waals surface area contributed by atoms with E-state index >= 15 is 0 Å². The zero-order chi connectivity index (χ0) is 13.0. The Morgan fingerprint density at radius 3 is 2.41 bits per heavy atom. The highest BCUT2D eigenvalue weighted by molar-refractivity contribution is 5.95. The Morgan fingerprint density at radius 1 is 1.24 bits per heavy atom. The molecular weight excluding hydrogens is 212 g/mol. The minimum atomic E-state index is -0.159. The number of hydrogen-bond donors (Lipinski definition) is 1. The minimum absolute atomic E-state index is 0.159. The molecule has 1 aromatic carbocycles. The summed E-state index contributed by atoms with van der Waals surface area (Å²) in [6.45, 7) is 10.0. The van der Waals surface area contributed by atoms with Gasteiger partial charge in [-0.3, -0.25) is 4.79 Å². The standard InChI is InChI=1S/C14H20N2O/c1-9(2)12(5)15-16-14(17)13-7-6-10(3)11(4)8-13/h6-9H,1-5H3,(H,16,17)/b15-12+. The van der Waals surface area contributed by atoms with Gasteiger partial charge in [-0.25, -0.2) is 5.43 Å². The van der Waals surface area contributed by atoms with Crippen LogP contribution in [0.4, 0.5) is 0 Å². The highest BCUT2D eigenvalue weighted by Gasteiger charge is 2.06. The van der Waals surface area contributed by atoms with Crippen LogP contribution >= 0.6 is 0 Å². The molecule has 0 aromatic heterocycles. The molecule has 3 nitrogen and oxygen atoms in total. The van der Waals surface area contributed by atoms with Crippen LogP contribution in [0.5, 0.6) is 0 Å². The van der Waals surface area contributed by atoms with Crippen LogP contribution in [0.1, 0.15) is 42.3 Å². The number of rotatable bonds is 3. The summed E-state index contributed by atoms with van der Waals surface area (Å²) in [5.41, 5.74) is 6.44. The monoisotopic (exact) mass is 232 g/mol. The summed E-state index contributed by atoms with van der Waals surface area (Å²) in [5, 5.41) is 4.07. The first-order valence-corrected chi connectivity index (χ1v) is 5.83. The van der Waals surface area contributed by atoms with E-state index in [1.807, 2.05) is 52.8 Å². The van der Waals surface area contributed by atoms with Crippen molar-refractivity contribution in [2.45, 2.75) is 34.6 Å². The van der Waals surface area contributed by atoms with Crippen LogP contribution in [0.25, 0.3) is 0 Å². The lowest BCUT2D eigenvalue weighted by Crippen LogP contribution is -2.20. The molecule has 0 saturated heterocycles. The normalized spacial score (nSPS) is 11.8. The van der Waals surface area contributed by atoms with Gasteiger partial charge in [0.05, 0.1) is 0 Å².